The third kappa shape index (κ3) is 9.61. The Bertz CT molecular complexity index is 1200. The van der Waals surface area contributed by atoms with Crippen molar-refractivity contribution in [3.63, 3.8) is 0 Å². The van der Waals surface area contributed by atoms with Crippen LogP contribution in [0.2, 0.25) is 0 Å². The van der Waals surface area contributed by atoms with E-state index in [1.165, 1.54) is 51.4 Å². The smallest absolute Gasteiger partial charge is 0.195 e. The molecule has 3 aromatic carbocycles. The van der Waals surface area contributed by atoms with Gasteiger partial charge in [-0.2, -0.15) is 4.84 Å². The minimum atomic E-state index is -0.421. The molecule has 36 heavy (non-hydrogen) atoms. The van der Waals surface area contributed by atoms with Gasteiger partial charge in [0.1, 0.15) is 5.56 Å². The molecule has 0 amide bonds. The highest BCUT2D eigenvalue weighted by molar-refractivity contribution is 5.89. The van der Waals surface area contributed by atoms with Crippen molar-refractivity contribution in [2.24, 2.45) is 0 Å². The molecule has 0 unspecified atom stereocenters. The summed E-state index contributed by atoms with van der Waals surface area (Å²) in [5.41, 5.74) is 5.17. The quantitative estimate of drug-likeness (QED) is 0.117. The maximum absolute atomic E-state index is 12.4. The molecule has 0 fully saturated rings. The molecule has 0 aliphatic carbocycles. The summed E-state index contributed by atoms with van der Waals surface area (Å²) in [6.07, 6.45) is 12.8. The topological polar surface area (TPSA) is 41.2 Å². The Hall–Kier alpha value is -3.53. The van der Waals surface area contributed by atoms with E-state index in [0.717, 1.165) is 34.7 Å². The molecule has 185 valence electrons. The van der Waals surface area contributed by atoms with Crippen LogP contribution in [0.1, 0.15) is 92.6 Å². The summed E-state index contributed by atoms with van der Waals surface area (Å²) < 4.78 is 0. The van der Waals surface area contributed by atoms with E-state index in [1.807, 2.05) is 36.4 Å². The van der Waals surface area contributed by atoms with Crippen LogP contribution in [0.4, 0.5) is 0 Å². The van der Waals surface area contributed by atoms with E-state index in [2.05, 4.69) is 54.3 Å². The van der Waals surface area contributed by atoms with Crippen LogP contribution in [-0.2, 0) is 11.4 Å². The SMILES string of the molecule is CCCCCCCCCCCC#CC#Cc1ccc(C(=[O+])ONCc2cccc3ccccc23)cc1. The van der Waals surface area contributed by atoms with Gasteiger partial charge in [0.2, 0.25) is 0 Å². The van der Waals surface area contributed by atoms with Crippen LogP contribution in [-0.4, -0.2) is 5.97 Å². The summed E-state index contributed by atoms with van der Waals surface area (Å²) >= 11 is 0. The van der Waals surface area contributed by atoms with Gasteiger partial charge < -0.3 is 0 Å². The van der Waals surface area contributed by atoms with Crippen LogP contribution in [0.15, 0.2) is 66.7 Å². The third-order valence-electron chi connectivity index (χ3n) is 6.19. The number of benzene rings is 3. The minimum absolute atomic E-state index is 0.421. The van der Waals surface area contributed by atoms with Crippen molar-refractivity contribution in [2.75, 3.05) is 0 Å². The first-order valence-electron chi connectivity index (χ1n) is 13.3. The Labute approximate surface area is 216 Å². The number of carbonyl (C=O) groups excluding carboxylic acids is 1. The number of fused-ring (bicyclic) bond motifs is 1. The number of hydrogen-bond donors (Lipinski definition) is 1. The molecule has 0 aliphatic rings. The summed E-state index contributed by atoms with van der Waals surface area (Å²) in [4.78, 5) is 17.6. The second-order valence-electron chi connectivity index (χ2n) is 9.06. The fourth-order valence-electron chi connectivity index (χ4n) is 4.11. The molecular formula is C33H37NO2+. The fourth-order valence-corrected chi connectivity index (χ4v) is 4.11. The van der Waals surface area contributed by atoms with Gasteiger partial charge in [-0.3, -0.25) is 0 Å². The van der Waals surface area contributed by atoms with Gasteiger partial charge in [0.15, 0.2) is 0 Å². The molecule has 0 atom stereocenters. The van der Waals surface area contributed by atoms with Gasteiger partial charge in [0.05, 0.1) is 11.3 Å². The van der Waals surface area contributed by atoms with E-state index in [9.17, 15) is 4.79 Å². The Kier molecular flexibility index (Phi) is 12.2. The Balaban J connectivity index is 1.33. The monoisotopic (exact) mass is 479 g/mol. The summed E-state index contributed by atoms with van der Waals surface area (Å²) in [7, 11) is 0. The van der Waals surface area contributed by atoms with Crippen molar-refractivity contribution in [2.45, 2.75) is 77.7 Å². The molecular weight excluding hydrogens is 442 g/mol. The number of nitrogens with one attached hydrogen (secondary N) is 1. The molecule has 3 nitrogen and oxygen atoms in total. The Morgan fingerprint density at radius 3 is 2.25 bits per heavy atom. The van der Waals surface area contributed by atoms with Gasteiger partial charge in [-0.1, -0.05) is 113 Å². The molecule has 0 spiro atoms. The third-order valence-corrected chi connectivity index (χ3v) is 6.19. The summed E-state index contributed by atoms with van der Waals surface area (Å²) in [5, 5.41) is 2.30. The average Bonchev–Trinajstić information content (AvgIpc) is 2.91. The molecule has 0 saturated heterocycles. The lowest BCUT2D eigenvalue weighted by atomic mass is 10.1. The first kappa shape index (κ1) is 27.1. The predicted octanol–water partition coefficient (Wildman–Crippen LogP) is 7.98. The minimum Gasteiger partial charge on any atom is -0.195 e. The van der Waals surface area contributed by atoms with Crippen molar-refractivity contribution in [1.29, 1.82) is 0 Å². The second-order valence-corrected chi connectivity index (χ2v) is 9.06. The zero-order chi connectivity index (χ0) is 25.3. The number of carbonyl (C=O) groups is 1. The zero-order valence-corrected chi connectivity index (χ0v) is 21.4. The van der Waals surface area contributed by atoms with E-state index in [4.69, 9.17) is 4.84 Å². The number of rotatable bonds is 13. The molecule has 0 heterocycles. The molecule has 0 aliphatic heterocycles. The maximum atomic E-state index is 12.4. The van der Waals surface area contributed by atoms with Gasteiger partial charge in [-0.25, -0.2) is 0 Å². The highest BCUT2D eigenvalue weighted by Gasteiger charge is 2.21. The van der Waals surface area contributed by atoms with Crippen LogP contribution in [0.5, 0.6) is 0 Å². The Morgan fingerprint density at radius 1 is 0.778 bits per heavy atom. The molecule has 3 heteroatoms. The molecule has 3 aromatic rings. The highest BCUT2D eigenvalue weighted by Crippen LogP contribution is 2.18. The second kappa shape index (κ2) is 16.2. The fraction of sp³-hybridized carbons (Fsp3) is 0.364. The number of unbranched alkanes of at least 4 members (excludes halogenated alkanes) is 9. The van der Waals surface area contributed by atoms with E-state index < -0.39 is 5.97 Å². The van der Waals surface area contributed by atoms with Gasteiger partial charge in [0.25, 0.3) is 0 Å². The van der Waals surface area contributed by atoms with E-state index in [1.54, 1.807) is 12.1 Å². The van der Waals surface area contributed by atoms with Crippen LogP contribution in [0.25, 0.3) is 10.8 Å². The van der Waals surface area contributed by atoms with Crippen molar-refractivity contribution in [3.05, 3.63) is 83.4 Å². The number of hydrogen-bond acceptors (Lipinski definition) is 3. The zero-order valence-electron chi connectivity index (χ0n) is 21.4. The lowest BCUT2D eigenvalue weighted by Gasteiger charge is -2.04. The van der Waals surface area contributed by atoms with Gasteiger partial charge in [0, 0.05) is 12.0 Å². The van der Waals surface area contributed by atoms with Gasteiger partial charge >= 0.3 is 5.97 Å². The predicted molar refractivity (Wildman–Crippen MR) is 149 cm³/mol. The lowest BCUT2D eigenvalue weighted by molar-refractivity contribution is 0.0238. The maximum Gasteiger partial charge on any atom is 0.630 e. The summed E-state index contributed by atoms with van der Waals surface area (Å²) in [6, 6.07) is 21.3. The van der Waals surface area contributed by atoms with E-state index in [-0.39, 0.29) is 0 Å². The normalized spacial score (nSPS) is 10.2. The molecule has 0 bridgehead atoms. The van der Waals surface area contributed by atoms with Gasteiger partial charge in [-0.15, -0.1) is 0 Å². The van der Waals surface area contributed by atoms with Crippen LogP contribution in [0, 0.1) is 23.7 Å². The first-order valence-corrected chi connectivity index (χ1v) is 13.3. The number of hydroxylamine groups is 1. The van der Waals surface area contributed by atoms with Crippen LogP contribution >= 0.6 is 0 Å². The van der Waals surface area contributed by atoms with Crippen LogP contribution in [0.3, 0.4) is 0 Å². The lowest BCUT2D eigenvalue weighted by Crippen LogP contribution is -2.19. The molecule has 1 radical (unpaired) electrons. The molecule has 3 rings (SSSR count). The van der Waals surface area contributed by atoms with Crippen molar-refractivity contribution in [3.8, 4) is 23.7 Å². The first-order chi connectivity index (χ1) is 17.8. The van der Waals surface area contributed by atoms with E-state index in [0.29, 0.717) is 12.1 Å². The summed E-state index contributed by atoms with van der Waals surface area (Å²) in [5.74, 6) is 11.6. The van der Waals surface area contributed by atoms with Crippen molar-refractivity contribution < 1.29 is 9.63 Å². The molecule has 0 saturated carbocycles. The van der Waals surface area contributed by atoms with Crippen molar-refractivity contribution in [1.82, 2.24) is 5.48 Å². The highest BCUT2D eigenvalue weighted by atomic mass is 16.7. The largest absolute Gasteiger partial charge is 0.630 e. The van der Waals surface area contributed by atoms with Crippen LogP contribution < -0.4 is 5.48 Å². The standard InChI is InChI=1S/C33H37NO2/c1-2-3-4-5-6-7-8-9-10-11-12-13-14-18-28-23-25-30(26-24-28)33(35)36-34-27-31-21-17-20-29-19-15-16-22-32(29)31/h15-17,19-26,34H,2-11,27H2,1H3/q+1. The molecule has 1 N–H and O–H groups in total. The average molecular weight is 480 g/mol. The summed E-state index contributed by atoms with van der Waals surface area (Å²) in [6.45, 7) is 2.70. The van der Waals surface area contributed by atoms with Gasteiger partial charge in [-0.05, 0) is 64.3 Å². The molecule has 0 aromatic heterocycles. The Morgan fingerprint density at radius 2 is 1.47 bits per heavy atom. The van der Waals surface area contributed by atoms with Crippen molar-refractivity contribution >= 4 is 16.7 Å². The van der Waals surface area contributed by atoms with E-state index >= 15 is 0 Å².